The Bertz CT molecular complexity index is 1540. The molecule has 1 atom stereocenters. The van der Waals surface area contributed by atoms with Crippen molar-refractivity contribution < 1.29 is 18.0 Å². The van der Waals surface area contributed by atoms with Gasteiger partial charge in [-0.2, -0.15) is 0 Å². The van der Waals surface area contributed by atoms with Gasteiger partial charge < -0.3 is 10.2 Å². The van der Waals surface area contributed by atoms with E-state index >= 15 is 0 Å². The first-order valence-electron chi connectivity index (χ1n) is 14.7. The first-order valence-corrected chi connectivity index (χ1v) is 16.9. The van der Waals surface area contributed by atoms with E-state index in [1.54, 1.807) is 48.5 Å². The van der Waals surface area contributed by atoms with Crippen LogP contribution >= 0.6 is 23.2 Å². The van der Waals surface area contributed by atoms with Crippen molar-refractivity contribution in [1.82, 2.24) is 10.2 Å². The minimum Gasteiger partial charge on any atom is -0.352 e. The average Bonchev–Trinajstić information content (AvgIpc) is 2.97. The van der Waals surface area contributed by atoms with E-state index in [0.717, 1.165) is 47.5 Å². The number of rotatable bonds is 11. The fraction of sp³-hybridized carbons (Fsp3) is 0.394. The predicted molar refractivity (Wildman–Crippen MR) is 173 cm³/mol. The van der Waals surface area contributed by atoms with E-state index < -0.39 is 28.5 Å². The fourth-order valence-corrected chi connectivity index (χ4v) is 7.32. The van der Waals surface area contributed by atoms with Gasteiger partial charge in [0.15, 0.2) is 0 Å². The van der Waals surface area contributed by atoms with E-state index in [1.807, 2.05) is 26.8 Å². The lowest BCUT2D eigenvalue weighted by Gasteiger charge is -2.34. The van der Waals surface area contributed by atoms with E-state index in [9.17, 15) is 18.0 Å². The molecule has 1 saturated carbocycles. The Labute approximate surface area is 265 Å². The highest BCUT2D eigenvalue weighted by atomic mass is 35.5. The van der Waals surface area contributed by atoms with E-state index in [-0.39, 0.29) is 23.4 Å². The van der Waals surface area contributed by atoms with Gasteiger partial charge in [-0.1, -0.05) is 85.3 Å². The average molecular weight is 645 g/mol. The van der Waals surface area contributed by atoms with Crippen LogP contribution in [-0.4, -0.2) is 43.8 Å². The van der Waals surface area contributed by atoms with Crippen molar-refractivity contribution >= 4 is 50.7 Å². The second-order valence-electron chi connectivity index (χ2n) is 11.2. The van der Waals surface area contributed by atoms with Crippen molar-refractivity contribution in [2.75, 3.05) is 10.8 Å². The Morgan fingerprint density at radius 2 is 1.63 bits per heavy atom. The number of halogens is 2. The zero-order valence-corrected chi connectivity index (χ0v) is 27.2. The first-order chi connectivity index (χ1) is 20.5. The summed E-state index contributed by atoms with van der Waals surface area (Å²) in [5, 5.41) is 3.95. The van der Waals surface area contributed by atoms with E-state index in [0.29, 0.717) is 27.7 Å². The zero-order valence-electron chi connectivity index (χ0n) is 24.9. The molecule has 4 rings (SSSR count). The molecule has 230 valence electrons. The fourth-order valence-electron chi connectivity index (χ4n) is 5.45. The number of nitrogens with zero attached hydrogens (tertiary/aromatic N) is 2. The molecule has 3 aromatic carbocycles. The molecule has 7 nitrogen and oxygen atoms in total. The van der Waals surface area contributed by atoms with Crippen molar-refractivity contribution in [3.05, 3.63) is 93.5 Å². The monoisotopic (exact) mass is 643 g/mol. The highest BCUT2D eigenvalue weighted by molar-refractivity contribution is 7.92. The summed E-state index contributed by atoms with van der Waals surface area (Å²) in [4.78, 5) is 29.5. The second kappa shape index (κ2) is 14.6. The zero-order chi connectivity index (χ0) is 31.1. The quantitative estimate of drug-likeness (QED) is 0.242. The molecule has 1 N–H and O–H groups in total. The van der Waals surface area contributed by atoms with E-state index in [1.165, 1.54) is 17.0 Å². The maximum Gasteiger partial charge on any atom is 0.264 e. The minimum absolute atomic E-state index is 0.0116. The van der Waals surface area contributed by atoms with Gasteiger partial charge in [0.25, 0.3) is 10.0 Å². The highest BCUT2D eigenvalue weighted by Gasteiger charge is 2.34. The van der Waals surface area contributed by atoms with Gasteiger partial charge in [0.05, 0.1) is 10.6 Å². The smallest absolute Gasteiger partial charge is 0.264 e. The lowest BCUT2D eigenvalue weighted by Crippen LogP contribution is -2.54. The molecule has 43 heavy (non-hydrogen) atoms. The van der Waals surface area contributed by atoms with Gasteiger partial charge in [0.1, 0.15) is 12.6 Å². The van der Waals surface area contributed by atoms with Crippen LogP contribution in [0, 0.1) is 13.8 Å². The second-order valence-corrected chi connectivity index (χ2v) is 13.9. The van der Waals surface area contributed by atoms with Crippen LogP contribution in [0.5, 0.6) is 0 Å². The van der Waals surface area contributed by atoms with Crippen LogP contribution in [-0.2, 0) is 26.2 Å². The number of anilines is 1. The van der Waals surface area contributed by atoms with Crippen molar-refractivity contribution in [2.45, 2.75) is 82.8 Å². The maximum absolute atomic E-state index is 14.3. The van der Waals surface area contributed by atoms with Crippen molar-refractivity contribution in [3.63, 3.8) is 0 Å². The van der Waals surface area contributed by atoms with Crippen LogP contribution < -0.4 is 9.62 Å². The minimum atomic E-state index is -4.14. The van der Waals surface area contributed by atoms with Gasteiger partial charge in [-0.15, -0.1) is 0 Å². The molecule has 1 aliphatic rings. The molecule has 0 unspecified atom stereocenters. The first kappa shape index (κ1) is 32.8. The molecule has 10 heteroatoms. The Morgan fingerprint density at radius 1 is 0.930 bits per heavy atom. The van der Waals surface area contributed by atoms with E-state index in [2.05, 4.69) is 5.32 Å². The molecule has 0 spiro atoms. The Morgan fingerprint density at radius 3 is 2.26 bits per heavy atom. The molecule has 1 aliphatic carbocycles. The van der Waals surface area contributed by atoms with Gasteiger partial charge in [-0.25, -0.2) is 8.42 Å². The van der Waals surface area contributed by atoms with Gasteiger partial charge in [-0.05, 0) is 80.6 Å². The topological polar surface area (TPSA) is 86.8 Å². The lowest BCUT2D eigenvalue weighted by atomic mass is 9.95. The van der Waals surface area contributed by atoms with Crippen LogP contribution in [0.15, 0.2) is 71.6 Å². The normalized spacial score (nSPS) is 14.6. The SMILES string of the molecule is CC[C@H](C(=O)NC1CCCCC1)N(Cc1ccc(Cl)cc1Cl)C(=O)CN(c1cccc(C)c1)S(=O)(=O)c1ccc(C)cc1. The number of sulfonamides is 1. The molecular weight excluding hydrogens is 605 g/mol. The Kier molecular flexibility index (Phi) is 11.2. The van der Waals surface area contributed by atoms with Crippen LogP contribution in [0.4, 0.5) is 5.69 Å². The van der Waals surface area contributed by atoms with Crippen molar-refractivity contribution in [2.24, 2.45) is 0 Å². The molecule has 0 heterocycles. The van der Waals surface area contributed by atoms with E-state index in [4.69, 9.17) is 23.2 Å². The molecular formula is C33H39Cl2N3O4S. The van der Waals surface area contributed by atoms with Crippen LogP contribution in [0.1, 0.15) is 62.1 Å². The molecule has 0 aliphatic heterocycles. The lowest BCUT2D eigenvalue weighted by molar-refractivity contribution is -0.140. The molecule has 2 amide bonds. The van der Waals surface area contributed by atoms with Gasteiger partial charge in [0, 0.05) is 22.6 Å². The molecule has 0 radical (unpaired) electrons. The van der Waals surface area contributed by atoms with Crippen LogP contribution in [0.2, 0.25) is 10.0 Å². The summed E-state index contributed by atoms with van der Waals surface area (Å²) in [6, 6.07) is 17.7. The summed E-state index contributed by atoms with van der Waals surface area (Å²) in [7, 11) is -4.14. The summed E-state index contributed by atoms with van der Waals surface area (Å²) in [5.74, 6) is -0.773. The molecule has 3 aromatic rings. The maximum atomic E-state index is 14.3. The summed E-state index contributed by atoms with van der Waals surface area (Å²) in [6.45, 7) is 5.09. The summed E-state index contributed by atoms with van der Waals surface area (Å²) >= 11 is 12.6. The number of aryl methyl sites for hydroxylation is 2. The number of amides is 2. The summed E-state index contributed by atoms with van der Waals surface area (Å²) < 4.78 is 29.2. The Balaban J connectivity index is 1.73. The predicted octanol–water partition coefficient (Wildman–Crippen LogP) is 7.06. The molecule has 1 fully saturated rings. The molecule has 0 aromatic heterocycles. The molecule has 0 bridgehead atoms. The number of hydrogen-bond donors (Lipinski definition) is 1. The number of nitrogens with one attached hydrogen (secondary N) is 1. The summed E-state index contributed by atoms with van der Waals surface area (Å²) in [6.07, 6.45) is 5.38. The number of carbonyl (C=O) groups is 2. The summed E-state index contributed by atoms with van der Waals surface area (Å²) in [5.41, 5.74) is 2.72. The van der Waals surface area contributed by atoms with Crippen LogP contribution in [0.25, 0.3) is 0 Å². The number of carbonyl (C=O) groups excluding carboxylic acids is 2. The van der Waals surface area contributed by atoms with Crippen LogP contribution in [0.3, 0.4) is 0 Å². The van der Waals surface area contributed by atoms with Gasteiger partial charge in [-0.3, -0.25) is 13.9 Å². The van der Waals surface area contributed by atoms with Crippen molar-refractivity contribution in [3.8, 4) is 0 Å². The molecule has 0 saturated heterocycles. The number of benzene rings is 3. The number of hydrogen-bond acceptors (Lipinski definition) is 4. The third kappa shape index (κ3) is 8.31. The largest absolute Gasteiger partial charge is 0.352 e. The Hall–Kier alpha value is -3.07. The van der Waals surface area contributed by atoms with Crippen molar-refractivity contribution in [1.29, 1.82) is 0 Å². The third-order valence-electron chi connectivity index (χ3n) is 7.87. The van der Waals surface area contributed by atoms with Gasteiger partial charge >= 0.3 is 0 Å². The third-order valence-corrected chi connectivity index (χ3v) is 10.2. The van der Waals surface area contributed by atoms with Gasteiger partial charge in [0.2, 0.25) is 11.8 Å². The highest BCUT2D eigenvalue weighted by Crippen LogP contribution is 2.28. The standard InChI is InChI=1S/C33H39Cl2N3O4S/c1-4-31(33(40)36-27-10-6-5-7-11-27)37(21-25-15-16-26(34)20-30(25)35)32(39)22-38(28-12-8-9-24(3)19-28)43(41,42)29-17-13-23(2)14-18-29/h8-9,12-20,27,31H,4-7,10-11,21-22H2,1-3H3,(H,36,40)/t31-/m1/s1.